The third-order valence-corrected chi connectivity index (χ3v) is 11.2. The summed E-state index contributed by atoms with van der Waals surface area (Å²) in [5, 5.41) is 6.36. The Morgan fingerprint density at radius 3 is 1.81 bits per heavy atom. The average molecular weight is 679 g/mol. The molecule has 0 unspecified atom stereocenters. The molecule has 10 rings (SSSR count). The van der Waals surface area contributed by atoms with Crippen molar-refractivity contribution >= 4 is 33.2 Å². The van der Waals surface area contributed by atoms with Gasteiger partial charge in [-0.15, -0.1) is 0 Å². The smallest absolute Gasteiger partial charge is 0.0541 e. The van der Waals surface area contributed by atoms with Gasteiger partial charge >= 0.3 is 0 Å². The predicted molar refractivity (Wildman–Crippen MR) is 224 cm³/mol. The number of nitrogens with zero attached hydrogens (tertiary/aromatic N) is 1. The molecule has 252 valence electrons. The summed E-state index contributed by atoms with van der Waals surface area (Å²) in [4.78, 5) is 0. The van der Waals surface area contributed by atoms with Crippen LogP contribution in [0, 0.1) is 0 Å². The van der Waals surface area contributed by atoms with Gasteiger partial charge in [0.2, 0.25) is 0 Å². The fraction of sp³-hybridized carbons (Fsp3) is 0.0588. The molecule has 1 aromatic heterocycles. The monoisotopic (exact) mass is 678 g/mol. The lowest BCUT2D eigenvalue weighted by atomic mass is 9.78. The first-order valence-corrected chi connectivity index (χ1v) is 18.4. The summed E-state index contributed by atoms with van der Waals surface area (Å²) < 4.78 is 2.37. The number of fused-ring (bicyclic) bond motifs is 6. The zero-order valence-corrected chi connectivity index (χ0v) is 29.8. The molecule has 1 aliphatic rings. The summed E-state index contributed by atoms with van der Waals surface area (Å²) in [6, 6.07) is 68.3. The van der Waals surface area contributed by atoms with E-state index in [-0.39, 0.29) is 5.41 Å². The standard InChI is InChI=1S/C51H38N2/c1-51(2)45-19-11-9-17-41(45)43-30-31-46(52-39-28-25-35(26-29-39)34-13-5-3-6-14-34)49(50(43)51)37-23-21-36(22-24-37)38-27-32-48-44(33-38)42-18-10-12-20-47(42)53(48)40-15-7-4-8-16-40/h3-33,52H,1-2H3. The molecule has 2 nitrogen and oxygen atoms in total. The van der Waals surface area contributed by atoms with Crippen molar-refractivity contribution in [3.05, 3.63) is 199 Å². The molecule has 9 aromatic rings. The molecule has 0 fully saturated rings. The Morgan fingerprint density at radius 2 is 1.02 bits per heavy atom. The van der Waals surface area contributed by atoms with Gasteiger partial charge in [0.05, 0.1) is 11.0 Å². The van der Waals surface area contributed by atoms with E-state index in [2.05, 4.69) is 212 Å². The number of nitrogens with one attached hydrogen (secondary N) is 1. The highest BCUT2D eigenvalue weighted by Gasteiger charge is 2.38. The van der Waals surface area contributed by atoms with Crippen LogP contribution in [-0.2, 0) is 5.41 Å². The third kappa shape index (κ3) is 5.10. The molecule has 1 N–H and O–H groups in total. The Kier molecular flexibility index (Phi) is 7.19. The minimum absolute atomic E-state index is 0.160. The lowest BCUT2D eigenvalue weighted by Crippen LogP contribution is -2.17. The van der Waals surface area contributed by atoms with Crippen LogP contribution >= 0.6 is 0 Å². The van der Waals surface area contributed by atoms with E-state index in [0.717, 1.165) is 11.4 Å². The summed E-state index contributed by atoms with van der Waals surface area (Å²) >= 11 is 0. The van der Waals surface area contributed by atoms with Gasteiger partial charge in [-0.25, -0.2) is 0 Å². The van der Waals surface area contributed by atoms with E-state index >= 15 is 0 Å². The van der Waals surface area contributed by atoms with Crippen LogP contribution in [0.15, 0.2) is 188 Å². The third-order valence-electron chi connectivity index (χ3n) is 11.2. The maximum atomic E-state index is 3.84. The second kappa shape index (κ2) is 12.3. The zero-order valence-electron chi connectivity index (χ0n) is 29.8. The average Bonchev–Trinajstić information content (AvgIpc) is 3.67. The van der Waals surface area contributed by atoms with Gasteiger partial charge in [0.15, 0.2) is 0 Å². The van der Waals surface area contributed by atoms with Crippen LogP contribution in [-0.4, -0.2) is 4.57 Å². The molecular formula is C51H38N2. The van der Waals surface area contributed by atoms with Crippen molar-refractivity contribution < 1.29 is 0 Å². The van der Waals surface area contributed by atoms with E-state index in [1.165, 1.54) is 83.1 Å². The fourth-order valence-corrected chi connectivity index (χ4v) is 8.65. The van der Waals surface area contributed by atoms with E-state index in [1.54, 1.807) is 0 Å². The van der Waals surface area contributed by atoms with Crippen LogP contribution in [0.2, 0.25) is 0 Å². The molecule has 0 aliphatic heterocycles. The van der Waals surface area contributed by atoms with Gasteiger partial charge < -0.3 is 9.88 Å². The van der Waals surface area contributed by atoms with Gasteiger partial charge in [-0.05, 0) is 98.6 Å². The summed E-state index contributed by atoms with van der Waals surface area (Å²) in [7, 11) is 0. The van der Waals surface area contributed by atoms with Crippen LogP contribution in [0.1, 0.15) is 25.0 Å². The lowest BCUT2D eigenvalue weighted by Gasteiger charge is -2.27. The van der Waals surface area contributed by atoms with Crippen molar-refractivity contribution in [3.63, 3.8) is 0 Å². The maximum Gasteiger partial charge on any atom is 0.0541 e. The summed E-state index contributed by atoms with van der Waals surface area (Å²) in [6.45, 7) is 4.74. The van der Waals surface area contributed by atoms with Gasteiger partial charge in [-0.1, -0.05) is 153 Å². The molecule has 0 saturated carbocycles. The highest BCUT2D eigenvalue weighted by Crippen LogP contribution is 2.54. The SMILES string of the molecule is CC1(C)c2ccccc2-c2ccc(Nc3ccc(-c4ccccc4)cc3)c(-c3ccc(-c4ccc5c(c4)c4ccccc4n5-c4ccccc4)cc3)c21. The number of para-hydroxylation sites is 2. The van der Waals surface area contributed by atoms with E-state index in [9.17, 15) is 0 Å². The van der Waals surface area contributed by atoms with E-state index in [4.69, 9.17) is 0 Å². The summed E-state index contributed by atoms with van der Waals surface area (Å²) in [5.41, 5.74) is 18.3. The molecule has 1 heterocycles. The number of hydrogen-bond donors (Lipinski definition) is 1. The first-order valence-electron chi connectivity index (χ1n) is 18.4. The molecule has 0 bridgehead atoms. The number of benzene rings is 8. The predicted octanol–water partition coefficient (Wildman–Crippen LogP) is 13.8. The van der Waals surface area contributed by atoms with Crippen LogP contribution in [0.5, 0.6) is 0 Å². The normalized spacial score (nSPS) is 12.9. The molecule has 2 heteroatoms. The number of anilines is 2. The van der Waals surface area contributed by atoms with Crippen LogP contribution in [0.4, 0.5) is 11.4 Å². The second-order valence-electron chi connectivity index (χ2n) is 14.6. The highest BCUT2D eigenvalue weighted by molar-refractivity contribution is 6.10. The number of rotatable bonds is 6. The fourth-order valence-electron chi connectivity index (χ4n) is 8.65. The van der Waals surface area contributed by atoms with Gasteiger partial charge in [0, 0.05) is 38.8 Å². The quantitative estimate of drug-likeness (QED) is 0.185. The first kappa shape index (κ1) is 31.1. The van der Waals surface area contributed by atoms with Crippen LogP contribution < -0.4 is 5.32 Å². The Hall–Kier alpha value is -6.64. The Labute approximate surface area is 310 Å². The minimum atomic E-state index is -0.160. The topological polar surface area (TPSA) is 17.0 Å². The Morgan fingerprint density at radius 1 is 0.434 bits per heavy atom. The molecule has 0 radical (unpaired) electrons. The van der Waals surface area contributed by atoms with Crippen LogP contribution in [0.25, 0.3) is 72.0 Å². The molecule has 8 aromatic carbocycles. The number of hydrogen-bond acceptors (Lipinski definition) is 1. The Bertz CT molecular complexity index is 2790. The van der Waals surface area contributed by atoms with Crippen molar-refractivity contribution in [2.24, 2.45) is 0 Å². The van der Waals surface area contributed by atoms with Gasteiger partial charge in [-0.3, -0.25) is 0 Å². The van der Waals surface area contributed by atoms with Crippen molar-refractivity contribution in [2.45, 2.75) is 19.3 Å². The molecule has 53 heavy (non-hydrogen) atoms. The van der Waals surface area contributed by atoms with Crippen molar-refractivity contribution in [2.75, 3.05) is 5.32 Å². The van der Waals surface area contributed by atoms with Crippen molar-refractivity contribution in [3.8, 4) is 50.2 Å². The summed E-state index contributed by atoms with van der Waals surface area (Å²) in [6.07, 6.45) is 0. The molecule has 0 spiro atoms. The van der Waals surface area contributed by atoms with Gasteiger partial charge in [-0.2, -0.15) is 0 Å². The van der Waals surface area contributed by atoms with Crippen LogP contribution in [0.3, 0.4) is 0 Å². The lowest BCUT2D eigenvalue weighted by molar-refractivity contribution is 0.662. The van der Waals surface area contributed by atoms with E-state index < -0.39 is 0 Å². The minimum Gasteiger partial charge on any atom is -0.355 e. The van der Waals surface area contributed by atoms with Crippen molar-refractivity contribution in [1.82, 2.24) is 4.57 Å². The maximum absolute atomic E-state index is 3.84. The molecule has 0 saturated heterocycles. The zero-order chi connectivity index (χ0) is 35.5. The highest BCUT2D eigenvalue weighted by atomic mass is 15.0. The van der Waals surface area contributed by atoms with E-state index in [0.29, 0.717) is 0 Å². The Balaban J connectivity index is 1.07. The summed E-state index contributed by atoms with van der Waals surface area (Å²) in [5.74, 6) is 0. The van der Waals surface area contributed by atoms with E-state index in [1.807, 2.05) is 0 Å². The molecule has 0 amide bonds. The second-order valence-corrected chi connectivity index (χ2v) is 14.6. The van der Waals surface area contributed by atoms with Gasteiger partial charge in [0.25, 0.3) is 0 Å². The molecular weight excluding hydrogens is 641 g/mol. The number of aromatic nitrogens is 1. The van der Waals surface area contributed by atoms with Gasteiger partial charge in [0.1, 0.15) is 0 Å². The first-order chi connectivity index (χ1) is 26.0. The molecule has 1 aliphatic carbocycles. The van der Waals surface area contributed by atoms with Crippen molar-refractivity contribution in [1.29, 1.82) is 0 Å². The molecule has 0 atom stereocenters. The largest absolute Gasteiger partial charge is 0.355 e.